The second-order valence-electron chi connectivity index (χ2n) is 4.08. The molecule has 3 amide bonds. The van der Waals surface area contributed by atoms with Crippen molar-refractivity contribution in [1.29, 1.82) is 0 Å². The largest absolute Gasteiger partial charge is 0.393 e. The van der Waals surface area contributed by atoms with Crippen LogP contribution in [0.5, 0.6) is 0 Å². The number of amides is 3. The zero-order valence-electron chi connectivity index (χ0n) is 8.87. The van der Waals surface area contributed by atoms with E-state index in [9.17, 15) is 9.59 Å². The van der Waals surface area contributed by atoms with Gasteiger partial charge >= 0.3 is 6.03 Å². The van der Waals surface area contributed by atoms with E-state index >= 15 is 0 Å². The smallest absolute Gasteiger partial charge is 0.325 e. The lowest BCUT2D eigenvalue weighted by atomic mass is 10.1. The quantitative estimate of drug-likeness (QED) is 0.540. The Labute approximate surface area is 94.0 Å². The Kier molecular flexibility index (Phi) is 3.28. The maximum absolute atomic E-state index is 11.7. The third-order valence-corrected chi connectivity index (χ3v) is 2.45. The summed E-state index contributed by atoms with van der Waals surface area (Å²) in [6.07, 6.45) is 1.16. The van der Waals surface area contributed by atoms with Gasteiger partial charge in [-0.25, -0.2) is 4.79 Å². The number of thiocarbonyl (C=S) groups is 1. The van der Waals surface area contributed by atoms with Crippen LogP contribution in [0.25, 0.3) is 0 Å². The molecule has 0 unspecified atom stereocenters. The van der Waals surface area contributed by atoms with Gasteiger partial charge in [0.15, 0.2) is 0 Å². The number of urea groups is 1. The first-order valence-electron chi connectivity index (χ1n) is 4.77. The zero-order chi connectivity index (χ0) is 11.6. The Balaban J connectivity index is 2.52. The first kappa shape index (κ1) is 11.9. The highest BCUT2D eigenvalue weighted by atomic mass is 32.1. The first-order valence-corrected chi connectivity index (χ1v) is 5.18. The van der Waals surface area contributed by atoms with Gasteiger partial charge < -0.3 is 11.1 Å². The van der Waals surface area contributed by atoms with Crippen LogP contribution < -0.4 is 11.1 Å². The minimum Gasteiger partial charge on any atom is -0.393 e. The van der Waals surface area contributed by atoms with E-state index in [1.807, 2.05) is 0 Å². The summed E-state index contributed by atoms with van der Waals surface area (Å²) in [5, 5.41) is 2.60. The number of nitrogens with one attached hydrogen (secondary N) is 1. The van der Waals surface area contributed by atoms with E-state index in [4.69, 9.17) is 18.0 Å². The Morgan fingerprint density at radius 2 is 2.13 bits per heavy atom. The van der Waals surface area contributed by atoms with E-state index < -0.39 is 5.54 Å². The lowest BCUT2D eigenvalue weighted by Crippen LogP contribution is -2.40. The van der Waals surface area contributed by atoms with E-state index in [0.29, 0.717) is 24.4 Å². The SMILES string of the molecule is CC1(C)NC(=O)N(CCCC(N)=S)C1=O. The fourth-order valence-electron chi connectivity index (χ4n) is 1.43. The van der Waals surface area contributed by atoms with Crippen molar-refractivity contribution in [2.75, 3.05) is 6.54 Å². The van der Waals surface area contributed by atoms with Crippen molar-refractivity contribution in [3.8, 4) is 0 Å². The Morgan fingerprint density at radius 3 is 2.53 bits per heavy atom. The Morgan fingerprint density at radius 1 is 1.53 bits per heavy atom. The molecule has 5 nitrogen and oxygen atoms in total. The molecule has 0 aromatic heterocycles. The highest BCUT2D eigenvalue weighted by Crippen LogP contribution is 2.16. The molecule has 84 valence electrons. The third-order valence-electron chi connectivity index (χ3n) is 2.25. The number of carbonyl (C=O) groups is 2. The molecular formula is C9H15N3O2S. The van der Waals surface area contributed by atoms with Gasteiger partial charge in [0, 0.05) is 6.54 Å². The summed E-state index contributed by atoms with van der Waals surface area (Å²) in [5.41, 5.74) is 4.54. The summed E-state index contributed by atoms with van der Waals surface area (Å²) < 4.78 is 0. The fraction of sp³-hybridized carbons (Fsp3) is 0.667. The van der Waals surface area contributed by atoms with Crippen LogP contribution in [0.15, 0.2) is 0 Å². The molecule has 1 heterocycles. The van der Waals surface area contributed by atoms with Crippen molar-refractivity contribution in [2.24, 2.45) is 5.73 Å². The van der Waals surface area contributed by atoms with Crippen LogP contribution in [0.4, 0.5) is 4.79 Å². The number of hydrogen-bond acceptors (Lipinski definition) is 3. The maximum atomic E-state index is 11.7. The molecule has 1 aliphatic heterocycles. The molecule has 1 saturated heterocycles. The van der Waals surface area contributed by atoms with Gasteiger partial charge in [0.05, 0.1) is 4.99 Å². The summed E-state index contributed by atoms with van der Waals surface area (Å²) in [4.78, 5) is 24.7. The zero-order valence-corrected chi connectivity index (χ0v) is 9.69. The lowest BCUT2D eigenvalue weighted by Gasteiger charge is -2.15. The summed E-state index contributed by atoms with van der Waals surface area (Å²) in [6.45, 7) is 3.73. The molecule has 0 atom stereocenters. The number of imide groups is 1. The van der Waals surface area contributed by atoms with E-state index in [1.54, 1.807) is 13.8 Å². The van der Waals surface area contributed by atoms with Crippen molar-refractivity contribution in [1.82, 2.24) is 10.2 Å². The Bertz CT molecular complexity index is 314. The van der Waals surface area contributed by atoms with Crippen LogP contribution in [0.1, 0.15) is 26.7 Å². The average Bonchev–Trinajstić information content (AvgIpc) is 2.26. The van der Waals surface area contributed by atoms with E-state index in [2.05, 4.69) is 5.32 Å². The molecule has 0 aromatic carbocycles. The molecule has 0 aromatic rings. The first-order chi connectivity index (χ1) is 6.84. The van der Waals surface area contributed by atoms with Crippen LogP contribution in [-0.4, -0.2) is 33.9 Å². The monoisotopic (exact) mass is 229 g/mol. The van der Waals surface area contributed by atoms with Gasteiger partial charge in [-0.2, -0.15) is 0 Å². The van der Waals surface area contributed by atoms with Crippen LogP contribution >= 0.6 is 12.2 Å². The van der Waals surface area contributed by atoms with Crippen LogP contribution in [0.2, 0.25) is 0 Å². The minimum atomic E-state index is -0.791. The van der Waals surface area contributed by atoms with Gasteiger partial charge in [0.1, 0.15) is 5.54 Å². The van der Waals surface area contributed by atoms with Crippen LogP contribution in [-0.2, 0) is 4.79 Å². The van der Waals surface area contributed by atoms with Gasteiger partial charge in [-0.15, -0.1) is 0 Å². The molecule has 3 N–H and O–H groups in total. The number of rotatable bonds is 4. The maximum Gasteiger partial charge on any atom is 0.325 e. The van der Waals surface area contributed by atoms with E-state index in [0.717, 1.165) is 0 Å². The standard InChI is InChI=1S/C9H15N3O2S/c1-9(2)7(13)12(8(14)11-9)5-3-4-6(10)15/h3-5H2,1-2H3,(H2,10,15)(H,11,14). The molecule has 6 heteroatoms. The summed E-state index contributed by atoms with van der Waals surface area (Å²) >= 11 is 4.71. The van der Waals surface area contributed by atoms with Gasteiger partial charge in [0.2, 0.25) is 0 Å². The third kappa shape index (κ3) is 2.65. The minimum absolute atomic E-state index is 0.199. The van der Waals surface area contributed by atoms with Gasteiger partial charge in [-0.05, 0) is 26.7 Å². The average molecular weight is 229 g/mol. The Hall–Kier alpha value is -1.17. The number of hydrogen-bond donors (Lipinski definition) is 2. The lowest BCUT2D eigenvalue weighted by molar-refractivity contribution is -0.130. The molecule has 0 aliphatic carbocycles. The van der Waals surface area contributed by atoms with Gasteiger partial charge in [0.25, 0.3) is 5.91 Å². The van der Waals surface area contributed by atoms with Crippen molar-refractivity contribution < 1.29 is 9.59 Å². The predicted molar refractivity (Wildman–Crippen MR) is 60.3 cm³/mol. The van der Waals surface area contributed by atoms with Gasteiger partial charge in [-0.1, -0.05) is 12.2 Å². The number of nitrogens with zero attached hydrogens (tertiary/aromatic N) is 1. The molecule has 0 bridgehead atoms. The predicted octanol–water partition coefficient (Wildman–Crippen LogP) is 0.383. The second-order valence-corrected chi connectivity index (χ2v) is 4.61. The second kappa shape index (κ2) is 4.14. The van der Waals surface area contributed by atoms with Gasteiger partial charge in [-0.3, -0.25) is 9.69 Å². The van der Waals surface area contributed by atoms with Crippen molar-refractivity contribution >= 4 is 29.1 Å². The van der Waals surface area contributed by atoms with Crippen molar-refractivity contribution in [3.05, 3.63) is 0 Å². The van der Waals surface area contributed by atoms with Crippen molar-refractivity contribution in [2.45, 2.75) is 32.2 Å². The molecule has 0 spiro atoms. The normalized spacial score (nSPS) is 19.2. The number of nitrogens with two attached hydrogens (primary N) is 1. The molecule has 1 rings (SSSR count). The molecule has 0 radical (unpaired) electrons. The highest BCUT2D eigenvalue weighted by Gasteiger charge is 2.43. The molecule has 0 saturated carbocycles. The van der Waals surface area contributed by atoms with E-state index in [-0.39, 0.29) is 11.9 Å². The fourth-order valence-corrected chi connectivity index (χ4v) is 1.58. The summed E-state index contributed by atoms with van der Waals surface area (Å²) in [6, 6.07) is -0.340. The summed E-state index contributed by atoms with van der Waals surface area (Å²) in [7, 11) is 0. The highest BCUT2D eigenvalue weighted by molar-refractivity contribution is 7.80. The molecule has 1 fully saturated rings. The van der Waals surface area contributed by atoms with Crippen LogP contribution in [0.3, 0.4) is 0 Å². The molecular weight excluding hydrogens is 214 g/mol. The van der Waals surface area contributed by atoms with E-state index in [1.165, 1.54) is 4.90 Å². The molecule has 1 aliphatic rings. The number of carbonyl (C=O) groups excluding carboxylic acids is 2. The molecule has 15 heavy (non-hydrogen) atoms. The van der Waals surface area contributed by atoms with Crippen LogP contribution in [0, 0.1) is 0 Å². The van der Waals surface area contributed by atoms with Crippen molar-refractivity contribution in [3.63, 3.8) is 0 Å². The topological polar surface area (TPSA) is 75.4 Å². The summed E-state index contributed by atoms with van der Waals surface area (Å²) in [5.74, 6) is -0.199.